The molecule has 0 saturated carbocycles. The number of nitrogens with zero attached hydrogens (tertiary/aromatic N) is 3. The fourth-order valence-corrected chi connectivity index (χ4v) is 2.69. The number of hydrogen-bond donors (Lipinski definition) is 0. The first-order valence-electron chi connectivity index (χ1n) is 7.68. The van der Waals surface area contributed by atoms with Gasteiger partial charge in [-0.25, -0.2) is 0 Å². The summed E-state index contributed by atoms with van der Waals surface area (Å²) >= 11 is 0. The van der Waals surface area contributed by atoms with Gasteiger partial charge in [0.05, 0.1) is 12.2 Å². The van der Waals surface area contributed by atoms with Gasteiger partial charge in [0.25, 0.3) is 5.91 Å². The second-order valence-electron chi connectivity index (χ2n) is 6.11. The first kappa shape index (κ1) is 15.3. The first-order chi connectivity index (χ1) is 11.0. The van der Waals surface area contributed by atoms with Gasteiger partial charge in [-0.2, -0.15) is 0 Å². The van der Waals surface area contributed by atoms with Crippen molar-refractivity contribution < 1.29 is 9.53 Å². The molecule has 120 valence electrons. The molecular formula is C18H21N3O2. The molecule has 0 N–H and O–H groups in total. The lowest BCUT2D eigenvalue weighted by Gasteiger charge is -2.33. The molecule has 3 rings (SSSR count). The summed E-state index contributed by atoms with van der Waals surface area (Å²) in [4.78, 5) is 20.9. The van der Waals surface area contributed by atoms with Gasteiger partial charge in [0.2, 0.25) is 0 Å². The Balaban J connectivity index is 1.98. The third-order valence-electron chi connectivity index (χ3n) is 3.90. The standard InChI is InChI=1S/C18H21N3O2/c1-12-5-6-16-17(9-12)23-13(2)11-21(16)18(22)15-10-14(20(3)4)7-8-19-15/h5-10,13H,11H2,1-4H3. The summed E-state index contributed by atoms with van der Waals surface area (Å²) in [6.45, 7) is 4.50. The van der Waals surface area contributed by atoms with Crippen molar-refractivity contribution in [3.8, 4) is 5.75 Å². The molecule has 1 aromatic carbocycles. The van der Waals surface area contributed by atoms with E-state index in [1.165, 1.54) is 0 Å². The molecule has 0 fully saturated rings. The molecule has 5 nitrogen and oxygen atoms in total. The summed E-state index contributed by atoms with van der Waals surface area (Å²) in [5.41, 5.74) is 3.30. The molecule has 23 heavy (non-hydrogen) atoms. The van der Waals surface area contributed by atoms with Gasteiger partial charge in [0.15, 0.2) is 0 Å². The van der Waals surface area contributed by atoms with Gasteiger partial charge in [0, 0.05) is 26.0 Å². The van der Waals surface area contributed by atoms with Crippen LogP contribution >= 0.6 is 0 Å². The molecule has 1 atom stereocenters. The third kappa shape index (κ3) is 2.99. The molecule has 0 aliphatic carbocycles. The van der Waals surface area contributed by atoms with Crippen LogP contribution in [-0.2, 0) is 0 Å². The van der Waals surface area contributed by atoms with Gasteiger partial charge in [-0.3, -0.25) is 14.7 Å². The molecule has 1 aliphatic heterocycles. The number of hydrogen-bond acceptors (Lipinski definition) is 4. The van der Waals surface area contributed by atoms with Crippen LogP contribution < -0.4 is 14.5 Å². The molecule has 0 spiro atoms. The van der Waals surface area contributed by atoms with Crippen molar-refractivity contribution in [2.75, 3.05) is 30.4 Å². The monoisotopic (exact) mass is 311 g/mol. The Hall–Kier alpha value is -2.56. The van der Waals surface area contributed by atoms with Crippen LogP contribution in [0.3, 0.4) is 0 Å². The molecule has 2 heterocycles. The van der Waals surface area contributed by atoms with Crippen LogP contribution in [0.1, 0.15) is 23.0 Å². The van der Waals surface area contributed by atoms with E-state index in [1.54, 1.807) is 11.1 Å². The Bertz CT molecular complexity index is 743. The van der Waals surface area contributed by atoms with Gasteiger partial charge in [-0.1, -0.05) is 6.07 Å². The summed E-state index contributed by atoms with van der Waals surface area (Å²) in [6, 6.07) is 9.59. The minimum absolute atomic E-state index is 0.0507. The Labute approximate surface area is 136 Å². The zero-order chi connectivity index (χ0) is 16.6. The number of aryl methyl sites for hydroxylation is 1. The molecule has 1 unspecified atom stereocenters. The van der Waals surface area contributed by atoms with Gasteiger partial charge in [-0.15, -0.1) is 0 Å². The van der Waals surface area contributed by atoms with Crippen molar-refractivity contribution in [2.45, 2.75) is 20.0 Å². The Morgan fingerprint density at radius 1 is 1.30 bits per heavy atom. The van der Waals surface area contributed by atoms with Crippen LogP contribution in [0.15, 0.2) is 36.5 Å². The molecule has 0 radical (unpaired) electrons. The Morgan fingerprint density at radius 2 is 2.09 bits per heavy atom. The van der Waals surface area contributed by atoms with E-state index in [1.807, 2.05) is 63.2 Å². The Morgan fingerprint density at radius 3 is 2.83 bits per heavy atom. The van der Waals surface area contributed by atoms with E-state index in [2.05, 4.69) is 4.98 Å². The van der Waals surface area contributed by atoms with Crippen molar-refractivity contribution in [3.05, 3.63) is 47.8 Å². The van der Waals surface area contributed by atoms with Crippen molar-refractivity contribution in [1.82, 2.24) is 4.98 Å². The van der Waals surface area contributed by atoms with Crippen LogP contribution in [0, 0.1) is 6.92 Å². The number of aromatic nitrogens is 1. The number of benzene rings is 1. The Kier molecular flexibility index (Phi) is 3.94. The number of fused-ring (bicyclic) bond motifs is 1. The SMILES string of the molecule is Cc1ccc2c(c1)OC(C)CN2C(=O)c1cc(N(C)C)ccn1. The summed E-state index contributed by atoms with van der Waals surface area (Å²) in [6.07, 6.45) is 1.62. The lowest BCUT2D eigenvalue weighted by Crippen LogP contribution is -2.42. The molecule has 1 amide bonds. The summed E-state index contributed by atoms with van der Waals surface area (Å²) in [7, 11) is 3.89. The maximum absolute atomic E-state index is 13.0. The maximum atomic E-state index is 13.0. The third-order valence-corrected chi connectivity index (χ3v) is 3.90. The van der Waals surface area contributed by atoms with Crippen LogP contribution in [0.25, 0.3) is 0 Å². The first-order valence-corrected chi connectivity index (χ1v) is 7.68. The number of carbonyl (C=O) groups is 1. The van der Waals surface area contributed by atoms with Gasteiger partial charge in [0.1, 0.15) is 17.5 Å². The summed E-state index contributed by atoms with van der Waals surface area (Å²) in [5, 5.41) is 0. The number of pyridine rings is 1. The summed E-state index contributed by atoms with van der Waals surface area (Å²) < 4.78 is 5.87. The number of rotatable bonds is 2. The number of carbonyl (C=O) groups excluding carboxylic acids is 1. The molecule has 5 heteroatoms. The molecule has 1 aliphatic rings. The molecule has 2 aromatic rings. The van der Waals surface area contributed by atoms with Crippen molar-refractivity contribution in [1.29, 1.82) is 0 Å². The highest BCUT2D eigenvalue weighted by Crippen LogP contribution is 2.35. The largest absolute Gasteiger partial charge is 0.487 e. The van der Waals surface area contributed by atoms with E-state index < -0.39 is 0 Å². The van der Waals surface area contributed by atoms with E-state index in [0.717, 1.165) is 22.7 Å². The fourth-order valence-electron chi connectivity index (χ4n) is 2.69. The normalized spacial score (nSPS) is 16.5. The number of amides is 1. The quantitative estimate of drug-likeness (QED) is 0.855. The maximum Gasteiger partial charge on any atom is 0.277 e. The average molecular weight is 311 g/mol. The van der Waals surface area contributed by atoms with Crippen LogP contribution in [-0.4, -0.2) is 37.6 Å². The van der Waals surface area contributed by atoms with Gasteiger partial charge < -0.3 is 9.64 Å². The van der Waals surface area contributed by atoms with Crippen LogP contribution in [0.4, 0.5) is 11.4 Å². The predicted molar refractivity (Wildman–Crippen MR) is 91.5 cm³/mol. The van der Waals surface area contributed by atoms with E-state index in [9.17, 15) is 4.79 Å². The van der Waals surface area contributed by atoms with Crippen LogP contribution in [0.2, 0.25) is 0 Å². The van der Waals surface area contributed by atoms with E-state index in [4.69, 9.17) is 4.74 Å². The fraction of sp³-hybridized carbons (Fsp3) is 0.333. The number of anilines is 2. The topological polar surface area (TPSA) is 45.7 Å². The molecule has 0 bridgehead atoms. The summed E-state index contributed by atoms with van der Waals surface area (Å²) in [5.74, 6) is 0.648. The van der Waals surface area contributed by atoms with Gasteiger partial charge in [-0.05, 0) is 43.7 Å². The minimum atomic E-state index is -0.103. The molecular weight excluding hydrogens is 290 g/mol. The second-order valence-corrected chi connectivity index (χ2v) is 6.11. The van der Waals surface area contributed by atoms with Crippen molar-refractivity contribution in [3.63, 3.8) is 0 Å². The zero-order valence-corrected chi connectivity index (χ0v) is 13.9. The van der Waals surface area contributed by atoms with Crippen LogP contribution in [0.5, 0.6) is 5.75 Å². The van der Waals surface area contributed by atoms with E-state index in [-0.39, 0.29) is 12.0 Å². The lowest BCUT2D eigenvalue weighted by molar-refractivity contribution is 0.0956. The second kappa shape index (κ2) is 5.91. The molecule has 1 aromatic heterocycles. The lowest BCUT2D eigenvalue weighted by atomic mass is 10.1. The number of ether oxygens (including phenoxy) is 1. The van der Waals surface area contributed by atoms with E-state index >= 15 is 0 Å². The van der Waals surface area contributed by atoms with Crippen molar-refractivity contribution in [2.24, 2.45) is 0 Å². The smallest absolute Gasteiger partial charge is 0.277 e. The minimum Gasteiger partial charge on any atom is -0.487 e. The highest BCUT2D eigenvalue weighted by molar-refractivity contribution is 6.06. The van der Waals surface area contributed by atoms with Gasteiger partial charge >= 0.3 is 0 Å². The highest BCUT2D eigenvalue weighted by Gasteiger charge is 2.29. The predicted octanol–water partition coefficient (Wildman–Crippen LogP) is 2.88. The average Bonchev–Trinajstić information content (AvgIpc) is 2.53. The highest BCUT2D eigenvalue weighted by atomic mass is 16.5. The van der Waals surface area contributed by atoms with E-state index in [0.29, 0.717) is 12.2 Å². The van der Waals surface area contributed by atoms with Crippen molar-refractivity contribution >= 4 is 17.3 Å². The molecule has 0 saturated heterocycles. The zero-order valence-electron chi connectivity index (χ0n) is 13.9.